The maximum atomic E-state index is 14.0. The van der Waals surface area contributed by atoms with Crippen molar-refractivity contribution in [1.82, 2.24) is 10.2 Å². The third kappa shape index (κ3) is 6.90. The van der Waals surface area contributed by atoms with Crippen LogP contribution in [0.4, 0.5) is 10.1 Å². The van der Waals surface area contributed by atoms with E-state index in [-0.39, 0.29) is 24.4 Å². The van der Waals surface area contributed by atoms with E-state index in [4.69, 9.17) is 9.47 Å². The minimum Gasteiger partial charge on any atom is -0.486 e. The molecule has 11 heteroatoms. The summed E-state index contributed by atoms with van der Waals surface area (Å²) in [5.41, 5.74) is 1.64. The first-order chi connectivity index (χ1) is 19.2. The Hall–Kier alpha value is -4.12. The van der Waals surface area contributed by atoms with Crippen molar-refractivity contribution in [3.05, 3.63) is 89.7 Å². The van der Waals surface area contributed by atoms with E-state index in [2.05, 4.69) is 5.32 Å². The van der Waals surface area contributed by atoms with E-state index in [9.17, 15) is 22.4 Å². The van der Waals surface area contributed by atoms with Gasteiger partial charge in [-0.15, -0.1) is 0 Å². The van der Waals surface area contributed by atoms with Crippen LogP contribution in [-0.4, -0.2) is 63.7 Å². The van der Waals surface area contributed by atoms with Gasteiger partial charge >= 0.3 is 0 Å². The molecule has 0 aliphatic carbocycles. The number of amides is 2. The minimum absolute atomic E-state index is 0.0365. The lowest BCUT2D eigenvalue weighted by Gasteiger charge is -2.33. The van der Waals surface area contributed by atoms with Crippen molar-refractivity contribution in [2.75, 3.05) is 36.9 Å². The summed E-state index contributed by atoms with van der Waals surface area (Å²) in [6.45, 7) is 1.59. The molecule has 0 aromatic heterocycles. The van der Waals surface area contributed by atoms with Gasteiger partial charge in [-0.05, 0) is 42.3 Å². The van der Waals surface area contributed by atoms with Crippen LogP contribution < -0.4 is 19.1 Å². The van der Waals surface area contributed by atoms with Gasteiger partial charge in [0.2, 0.25) is 21.8 Å². The van der Waals surface area contributed by atoms with E-state index in [1.165, 1.54) is 49.2 Å². The number of hydrogen-bond acceptors (Lipinski definition) is 6. The number of nitrogens with zero attached hydrogens (tertiary/aromatic N) is 2. The number of benzene rings is 3. The van der Waals surface area contributed by atoms with E-state index in [0.717, 1.165) is 9.87 Å². The molecule has 0 fully saturated rings. The number of fused-ring (bicyclic) bond motifs is 1. The molecule has 1 aliphatic heterocycles. The molecule has 1 aliphatic rings. The van der Waals surface area contributed by atoms with Gasteiger partial charge in [0.15, 0.2) is 11.5 Å². The van der Waals surface area contributed by atoms with Crippen LogP contribution in [0, 0.1) is 5.82 Å². The van der Waals surface area contributed by atoms with E-state index in [0.29, 0.717) is 30.3 Å². The van der Waals surface area contributed by atoms with Crippen molar-refractivity contribution >= 4 is 27.5 Å². The number of likely N-dealkylation sites (N-methyl/N-ethyl adjacent to an activating group) is 1. The molecular formula is C29H32FN3O6S. The van der Waals surface area contributed by atoms with Crippen LogP contribution in [0.25, 0.3) is 0 Å². The molecule has 2 amide bonds. The molecule has 1 N–H and O–H groups in total. The number of carbonyl (C=O) groups excluding carboxylic acids is 2. The molecule has 212 valence electrons. The van der Waals surface area contributed by atoms with Gasteiger partial charge in [-0.1, -0.05) is 42.5 Å². The largest absolute Gasteiger partial charge is 0.486 e. The van der Waals surface area contributed by atoms with Gasteiger partial charge in [0.05, 0.1) is 11.4 Å². The smallest absolute Gasteiger partial charge is 0.244 e. The highest BCUT2D eigenvalue weighted by atomic mass is 32.2. The Bertz CT molecular complexity index is 1430. The molecule has 0 saturated carbocycles. The predicted octanol–water partition coefficient (Wildman–Crippen LogP) is 3.14. The molecule has 1 heterocycles. The lowest BCUT2D eigenvalue weighted by Crippen LogP contribution is -2.53. The van der Waals surface area contributed by atoms with Crippen LogP contribution in [0.15, 0.2) is 72.8 Å². The lowest BCUT2D eigenvalue weighted by atomic mass is 10.0. The molecule has 9 nitrogen and oxygen atoms in total. The Balaban J connectivity index is 1.72. The summed E-state index contributed by atoms with van der Waals surface area (Å²) in [6, 6.07) is 18.5. The van der Waals surface area contributed by atoms with Crippen LogP contribution in [-0.2, 0) is 32.6 Å². The fraction of sp³-hybridized carbons (Fsp3) is 0.310. The number of nitrogens with one attached hydrogen (secondary N) is 1. The summed E-state index contributed by atoms with van der Waals surface area (Å²) >= 11 is 0. The number of rotatable bonds is 11. The zero-order valence-electron chi connectivity index (χ0n) is 22.4. The first-order valence-electron chi connectivity index (χ1n) is 12.9. The van der Waals surface area contributed by atoms with E-state index in [1.807, 2.05) is 30.3 Å². The number of anilines is 1. The number of sulfonamides is 1. The van der Waals surface area contributed by atoms with E-state index in [1.54, 1.807) is 12.1 Å². The van der Waals surface area contributed by atoms with Crippen LogP contribution in [0.1, 0.15) is 18.1 Å². The molecule has 0 saturated heterocycles. The van der Waals surface area contributed by atoms with Crippen molar-refractivity contribution < 1.29 is 31.9 Å². The van der Waals surface area contributed by atoms with Crippen molar-refractivity contribution in [3.63, 3.8) is 0 Å². The standard InChI is InChI=1S/C29H32FN3O6S/c1-3-40(36,37)33(24-13-14-26-27(18-24)39-16-15-38-26)20-28(34)32(19-22-9-11-23(30)12-10-22)25(29(35)31-2)17-21-7-5-4-6-8-21/h4-14,18,25H,3,15-17,19-20H2,1-2H3,(H,31,35)/t25-/m1/s1. The van der Waals surface area contributed by atoms with Crippen LogP contribution >= 0.6 is 0 Å². The summed E-state index contributed by atoms with van der Waals surface area (Å²) in [5, 5.41) is 2.62. The zero-order chi connectivity index (χ0) is 28.7. The minimum atomic E-state index is -3.92. The molecular weight excluding hydrogens is 537 g/mol. The van der Waals surface area contributed by atoms with Crippen molar-refractivity contribution in [3.8, 4) is 11.5 Å². The first kappa shape index (κ1) is 28.9. The summed E-state index contributed by atoms with van der Waals surface area (Å²) in [4.78, 5) is 28.5. The molecule has 40 heavy (non-hydrogen) atoms. The van der Waals surface area contributed by atoms with Crippen molar-refractivity contribution in [2.24, 2.45) is 0 Å². The van der Waals surface area contributed by atoms with E-state index >= 15 is 0 Å². The number of hydrogen-bond donors (Lipinski definition) is 1. The highest BCUT2D eigenvalue weighted by molar-refractivity contribution is 7.92. The van der Waals surface area contributed by atoms with E-state index < -0.39 is 40.2 Å². The molecule has 4 rings (SSSR count). The third-order valence-electron chi connectivity index (χ3n) is 6.58. The molecule has 3 aromatic carbocycles. The topological polar surface area (TPSA) is 105 Å². The Morgan fingerprint density at radius 2 is 1.62 bits per heavy atom. The van der Waals surface area contributed by atoms with Gasteiger partial charge < -0.3 is 19.7 Å². The molecule has 0 bridgehead atoms. The Kier molecular flexibility index (Phi) is 9.26. The SMILES string of the molecule is CCS(=O)(=O)N(CC(=O)N(Cc1ccc(F)cc1)[C@H](Cc1ccccc1)C(=O)NC)c1ccc2c(c1)OCCO2. The van der Waals surface area contributed by atoms with Gasteiger partial charge in [0.1, 0.15) is 31.6 Å². The van der Waals surface area contributed by atoms with Gasteiger partial charge in [-0.2, -0.15) is 0 Å². The second-order valence-corrected chi connectivity index (χ2v) is 11.4. The first-order valence-corrected chi connectivity index (χ1v) is 14.5. The van der Waals surface area contributed by atoms with Crippen LogP contribution in [0.5, 0.6) is 11.5 Å². The van der Waals surface area contributed by atoms with Gasteiger partial charge in [0.25, 0.3) is 0 Å². The average Bonchev–Trinajstić information content (AvgIpc) is 2.98. The number of carbonyl (C=O) groups is 2. The van der Waals surface area contributed by atoms with Crippen molar-refractivity contribution in [1.29, 1.82) is 0 Å². The lowest BCUT2D eigenvalue weighted by molar-refractivity contribution is -0.139. The Labute approximate surface area is 233 Å². The molecule has 0 unspecified atom stereocenters. The maximum Gasteiger partial charge on any atom is 0.244 e. The third-order valence-corrected chi connectivity index (χ3v) is 8.32. The van der Waals surface area contributed by atoms with Crippen LogP contribution in [0.3, 0.4) is 0 Å². The number of ether oxygens (including phenoxy) is 2. The highest BCUT2D eigenvalue weighted by Gasteiger charge is 2.33. The summed E-state index contributed by atoms with van der Waals surface area (Å²) in [5.74, 6) is -0.842. The maximum absolute atomic E-state index is 14.0. The highest BCUT2D eigenvalue weighted by Crippen LogP contribution is 2.35. The average molecular weight is 570 g/mol. The Morgan fingerprint density at radius 3 is 2.27 bits per heavy atom. The number of halogens is 1. The predicted molar refractivity (Wildman–Crippen MR) is 149 cm³/mol. The molecule has 0 spiro atoms. The fourth-order valence-corrected chi connectivity index (χ4v) is 5.47. The second-order valence-electron chi connectivity index (χ2n) is 9.20. The van der Waals surface area contributed by atoms with Crippen LogP contribution in [0.2, 0.25) is 0 Å². The molecule has 0 radical (unpaired) electrons. The van der Waals surface area contributed by atoms with Gasteiger partial charge in [-0.3, -0.25) is 13.9 Å². The summed E-state index contributed by atoms with van der Waals surface area (Å²) < 4.78 is 52.3. The van der Waals surface area contributed by atoms with Gasteiger partial charge in [0, 0.05) is 26.1 Å². The van der Waals surface area contributed by atoms with Gasteiger partial charge in [-0.25, -0.2) is 12.8 Å². The normalized spacial score (nSPS) is 13.3. The molecule has 1 atom stereocenters. The summed E-state index contributed by atoms with van der Waals surface area (Å²) in [6.07, 6.45) is 0.192. The van der Waals surface area contributed by atoms with Crippen molar-refractivity contribution in [2.45, 2.75) is 25.9 Å². The Morgan fingerprint density at radius 1 is 0.950 bits per heavy atom. The zero-order valence-corrected chi connectivity index (χ0v) is 23.2. The summed E-state index contributed by atoms with van der Waals surface area (Å²) in [7, 11) is -2.44. The molecule has 3 aromatic rings. The fourth-order valence-electron chi connectivity index (χ4n) is 4.41. The quantitative estimate of drug-likeness (QED) is 0.381. The monoisotopic (exact) mass is 569 g/mol. The second kappa shape index (κ2) is 12.8.